The molecular weight excluding hydrogens is 534 g/mol. The molecule has 3 rings (SSSR count). The second kappa shape index (κ2) is 11.5. The largest absolute Gasteiger partial charge is 0.573 e. The highest BCUT2D eigenvalue weighted by Gasteiger charge is 2.31. The van der Waals surface area contributed by atoms with Crippen LogP contribution in [0.3, 0.4) is 0 Å². The molecule has 0 amide bonds. The van der Waals surface area contributed by atoms with E-state index in [-0.39, 0.29) is 11.3 Å². The second-order valence-electron chi connectivity index (χ2n) is 7.50. The Morgan fingerprint density at radius 3 is 1.89 bits per heavy atom. The average molecular weight is 558 g/mol. The Bertz CT molecular complexity index is 1420. The number of hydrogen-bond acceptors (Lipinski definition) is 7. The molecule has 8 nitrogen and oxygen atoms in total. The highest BCUT2D eigenvalue weighted by molar-refractivity contribution is 7.92. The molecule has 0 aliphatic carbocycles. The molecule has 0 heterocycles. The van der Waals surface area contributed by atoms with Gasteiger partial charge in [0, 0.05) is 6.07 Å². The number of rotatable bonds is 10. The lowest BCUT2D eigenvalue weighted by Gasteiger charge is -2.15. The smallest absolute Gasteiger partial charge is 0.493 e. The summed E-state index contributed by atoms with van der Waals surface area (Å²) in [7, 11) is 1.03. The fraction of sp³-hybridized carbons (Fsp3) is 0.200. The summed E-state index contributed by atoms with van der Waals surface area (Å²) in [5.41, 5.74) is 0.558. The fourth-order valence-electron chi connectivity index (χ4n) is 3.43. The van der Waals surface area contributed by atoms with Crippen molar-refractivity contribution in [2.75, 3.05) is 33.2 Å². The van der Waals surface area contributed by atoms with Crippen LogP contribution in [0.1, 0.15) is 11.1 Å². The fourth-order valence-corrected chi connectivity index (χ4v) is 4.51. The molecule has 0 atom stereocenters. The van der Waals surface area contributed by atoms with E-state index >= 15 is 0 Å². The number of sulfonamides is 1. The number of anilines is 1. The number of hydrogen-bond donors (Lipinski definition) is 1. The maximum atomic E-state index is 14.8. The monoisotopic (exact) mass is 557 g/mol. The zero-order valence-electron chi connectivity index (χ0n) is 20.6. The summed E-state index contributed by atoms with van der Waals surface area (Å²) < 4.78 is 105. The predicted molar refractivity (Wildman–Crippen MR) is 132 cm³/mol. The van der Waals surface area contributed by atoms with Crippen molar-refractivity contribution in [2.24, 2.45) is 0 Å². The van der Waals surface area contributed by atoms with Gasteiger partial charge in [0.1, 0.15) is 5.75 Å². The van der Waals surface area contributed by atoms with Crippen LogP contribution in [0.2, 0.25) is 0 Å². The van der Waals surface area contributed by atoms with Crippen LogP contribution in [0.15, 0.2) is 53.4 Å². The molecule has 38 heavy (non-hydrogen) atoms. The van der Waals surface area contributed by atoms with Crippen LogP contribution in [0.4, 0.5) is 23.2 Å². The van der Waals surface area contributed by atoms with E-state index in [0.29, 0.717) is 28.9 Å². The van der Waals surface area contributed by atoms with Crippen molar-refractivity contribution < 1.29 is 49.7 Å². The molecule has 13 heteroatoms. The van der Waals surface area contributed by atoms with Crippen molar-refractivity contribution in [3.05, 3.63) is 65.5 Å². The molecule has 0 fully saturated rings. The Balaban J connectivity index is 1.97. The van der Waals surface area contributed by atoms with E-state index in [9.17, 15) is 26.0 Å². The zero-order chi connectivity index (χ0) is 28.1. The minimum atomic E-state index is -5.01. The molecule has 0 radical (unpaired) electrons. The Morgan fingerprint density at radius 1 is 0.789 bits per heavy atom. The first-order valence-electron chi connectivity index (χ1n) is 10.6. The van der Waals surface area contributed by atoms with Crippen LogP contribution in [0.5, 0.6) is 28.7 Å². The maximum absolute atomic E-state index is 14.8. The lowest BCUT2D eigenvalue weighted by atomic mass is 10.1. The SMILES string of the molecule is COc1cc(/C=C\c2cc(F)c(OC)c(NS(=O)(=O)c3cccc(OC(F)(F)F)c3)c2)cc(OC)c1OC. The normalized spacial score (nSPS) is 11.8. The lowest BCUT2D eigenvalue weighted by Crippen LogP contribution is -2.18. The van der Waals surface area contributed by atoms with Gasteiger partial charge in [-0.2, -0.15) is 0 Å². The molecular formula is C25H23F4NO7S. The van der Waals surface area contributed by atoms with Gasteiger partial charge in [-0.1, -0.05) is 18.2 Å². The highest BCUT2D eigenvalue weighted by atomic mass is 32.2. The third-order valence-electron chi connectivity index (χ3n) is 5.02. The molecule has 0 saturated heterocycles. The van der Waals surface area contributed by atoms with E-state index in [4.69, 9.17) is 18.9 Å². The molecule has 0 aromatic heterocycles. The van der Waals surface area contributed by atoms with Gasteiger partial charge in [0.05, 0.1) is 39.0 Å². The molecule has 3 aromatic rings. The number of ether oxygens (including phenoxy) is 5. The van der Waals surface area contributed by atoms with Crippen molar-refractivity contribution in [3.63, 3.8) is 0 Å². The van der Waals surface area contributed by atoms with Crippen molar-refractivity contribution in [1.29, 1.82) is 0 Å². The Morgan fingerprint density at radius 2 is 1.37 bits per heavy atom. The first-order chi connectivity index (χ1) is 17.9. The Labute approximate surface area is 216 Å². The third-order valence-corrected chi connectivity index (χ3v) is 6.38. The van der Waals surface area contributed by atoms with E-state index < -0.39 is 38.6 Å². The summed E-state index contributed by atoms with van der Waals surface area (Å²) in [6.07, 6.45) is -1.92. The van der Waals surface area contributed by atoms with Crippen LogP contribution in [-0.2, 0) is 10.0 Å². The van der Waals surface area contributed by atoms with Gasteiger partial charge in [-0.3, -0.25) is 4.72 Å². The second-order valence-corrected chi connectivity index (χ2v) is 9.19. The van der Waals surface area contributed by atoms with Gasteiger partial charge in [-0.15, -0.1) is 13.2 Å². The highest BCUT2D eigenvalue weighted by Crippen LogP contribution is 2.39. The number of methoxy groups -OCH3 is 4. The van der Waals surface area contributed by atoms with E-state index in [2.05, 4.69) is 9.46 Å². The number of alkyl halides is 3. The van der Waals surface area contributed by atoms with Crippen LogP contribution in [0, 0.1) is 5.82 Å². The molecule has 0 saturated carbocycles. The van der Waals surface area contributed by atoms with Gasteiger partial charge in [0.15, 0.2) is 23.1 Å². The number of nitrogens with one attached hydrogen (secondary N) is 1. The Hall–Kier alpha value is -4.13. The van der Waals surface area contributed by atoms with Crippen LogP contribution in [-0.4, -0.2) is 43.2 Å². The van der Waals surface area contributed by atoms with Gasteiger partial charge in [-0.25, -0.2) is 12.8 Å². The summed E-state index contributed by atoms with van der Waals surface area (Å²) in [6, 6.07) is 9.47. The van der Waals surface area contributed by atoms with Crippen LogP contribution >= 0.6 is 0 Å². The summed E-state index contributed by atoms with van der Waals surface area (Å²) in [5, 5.41) is 0. The van der Waals surface area contributed by atoms with E-state index in [1.165, 1.54) is 33.5 Å². The molecule has 0 spiro atoms. The minimum absolute atomic E-state index is 0.240. The summed E-state index contributed by atoms with van der Waals surface area (Å²) in [5.74, 6) is -0.882. The summed E-state index contributed by atoms with van der Waals surface area (Å²) >= 11 is 0. The molecule has 0 unspecified atom stereocenters. The first-order valence-corrected chi connectivity index (χ1v) is 12.1. The first kappa shape index (κ1) is 28.4. The lowest BCUT2D eigenvalue weighted by molar-refractivity contribution is -0.274. The molecule has 0 aliphatic rings. The maximum Gasteiger partial charge on any atom is 0.573 e. The van der Waals surface area contributed by atoms with Gasteiger partial charge in [-0.05, 0) is 47.5 Å². The van der Waals surface area contributed by atoms with Crippen molar-refractivity contribution in [2.45, 2.75) is 11.3 Å². The van der Waals surface area contributed by atoms with E-state index in [1.54, 1.807) is 18.2 Å². The molecule has 1 N–H and O–H groups in total. The average Bonchev–Trinajstić information content (AvgIpc) is 2.85. The summed E-state index contributed by atoms with van der Waals surface area (Å²) in [6.45, 7) is 0. The molecule has 204 valence electrons. The third kappa shape index (κ3) is 6.79. The Kier molecular flexibility index (Phi) is 8.61. The van der Waals surface area contributed by atoms with Crippen molar-refractivity contribution >= 4 is 27.9 Å². The molecule has 0 aliphatic heterocycles. The van der Waals surface area contributed by atoms with Crippen LogP contribution < -0.4 is 28.4 Å². The quantitative estimate of drug-likeness (QED) is 0.251. The summed E-state index contributed by atoms with van der Waals surface area (Å²) in [4.78, 5) is -0.542. The topological polar surface area (TPSA) is 92.3 Å². The number of halogens is 4. The van der Waals surface area contributed by atoms with E-state index in [0.717, 1.165) is 31.4 Å². The molecule has 0 bridgehead atoms. The van der Waals surface area contributed by atoms with Crippen molar-refractivity contribution in [1.82, 2.24) is 0 Å². The van der Waals surface area contributed by atoms with Gasteiger partial charge >= 0.3 is 6.36 Å². The van der Waals surface area contributed by atoms with Gasteiger partial charge in [0.25, 0.3) is 10.0 Å². The van der Waals surface area contributed by atoms with Gasteiger partial charge in [0.2, 0.25) is 5.75 Å². The standard InChI is InChI=1S/C25H23F4NO7S/c1-33-21-12-16(13-22(34-2)24(21)36-4)9-8-15-10-19(26)23(35-3)20(11-15)30-38(31,32)18-7-5-6-17(14-18)37-25(27,28)29/h5-14,30H,1-4H3/b9-8-. The minimum Gasteiger partial charge on any atom is -0.493 e. The predicted octanol–water partition coefficient (Wildman–Crippen LogP) is 5.73. The van der Waals surface area contributed by atoms with Gasteiger partial charge < -0.3 is 23.7 Å². The zero-order valence-corrected chi connectivity index (χ0v) is 21.4. The number of benzene rings is 3. The van der Waals surface area contributed by atoms with Crippen LogP contribution in [0.25, 0.3) is 12.2 Å². The van der Waals surface area contributed by atoms with Crippen molar-refractivity contribution in [3.8, 4) is 28.7 Å². The molecule has 3 aromatic carbocycles. The van der Waals surface area contributed by atoms with E-state index in [1.807, 2.05) is 0 Å².